The Bertz CT molecular complexity index is 702. The zero-order chi connectivity index (χ0) is 13.8. The minimum absolute atomic E-state index is 0.438. The highest BCUT2D eigenvalue weighted by Crippen LogP contribution is 2.29. The zero-order valence-electron chi connectivity index (χ0n) is 10.4. The molecule has 3 rings (SSSR count). The summed E-state index contributed by atoms with van der Waals surface area (Å²) < 4.78 is 5.61. The van der Waals surface area contributed by atoms with Crippen LogP contribution in [0.5, 0.6) is 0 Å². The van der Waals surface area contributed by atoms with E-state index >= 15 is 0 Å². The van der Waals surface area contributed by atoms with Crippen LogP contribution in [-0.4, -0.2) is 15.2 Å². The van der Waals surface area contributed by atoms with E-state index in [4.69, 9.17) is 16.0 Å². The van der Waals surface area contributed by atoms with Crippen LogP contribution >= 0.6 is 23.4 Å². The number of aromatic nitrogens is 3. The van der Waals surface area contributed by atoms with Crippen molar-refractivity contribution < 1.29 is 4.42 Å². The van der Waals surface area contributed by atoms with Gasteiger partial charge in [0.25, 0.3) is 5.22 Å². The Morgan fingerprint density at radius 2 is 1.85 bits per heavy atom. The minimum atomic E-state index is 0.438. The lowest BCUT2D eigenvalue weighted by Gasteiger charge is -1.97. The van der Waals surface area contributed by atoms with Crippen LogP contribution in [0.4, 0.5) is 0 Å². The number of hydrogen-bond donors (Lipinski definition) is 0. The smallest absolute Gasteiger partial charge is 0.277 e. The van der Waals surface area contributed by atoms with E-state index in [-0.39, 0.29) is 0 Å². The first kappa shape index (κ1) is 13.1. The van der Waals surface area contributed by atoms with Gasteiger partial charge >= 0.3 is 0 Å². The van der Waals surface area contributed by atoms with E-state index in [2.05, 4.69) is 15.2 Å². The third-order valence-electron chi connectivity index (χ3n) is 2.62. The molecule has 2 heterocycles. The third-order valence-corrected chi connectivity index (χ3v) is 3.84. The lowest BCUT2D eigenvalue weighted by molar-refractivity contribution is 0.466. The van der Waals surface area contributed by atoms with Gasteiger partial charge in [-0.1, -0.05) is 35.5 Å². The molecule has 0 atom stereocenters. The summed E-state index contributed by atoms with van der Waals surface area (Å²) >= 11 is 7.58. The molecule has 3 aromatic rings. The number of hydrogen-bond acceptors (Lipinski definition) is 5. The molecular weight excluding hydrogens is 294 g/mol. The van der Waals surface area contributed by atoms with Crippen LogP contribution in [0.2, 0.25) is 5.02 Å². The van der Waals surface area contributed by atoms with Gasteiger partial charge in [0.1, 0.15) is 0 Å². The van der Waals surface area contributed by atoms with Gasteiger partial charge in [-0.15, -0.1) is 10.2 Å². The van der Waals surface area contributed by atoms with Gasteiger partial charge in [0.05, 0.1) is 10.6 Å². The number of halogens is 1. The molecule has 0 aliphatic carbocycles. The van der Waals surface area contributed by atoms with Crippen molar-refractivity contribution in [3.05, 3.63) is 59.4 Å². The van der Waals surface area contributed by atoms with Gasteiger partial charge in [0.2, 0.25) is 5.89 Å². The normalized spacial score (nSPS) is 10.7. The molecule has 100 valence electrons. The fourth-order valence-corrected chi connectivity index (χ4v) is 2.57. The maximum atomic E-state index is 6.10. The van der Waals surface area contributed by atoms with Crippen LogP contribution in [0, 0.1) is 0 Å². The summed E-state index contributed by atoms with van der Waals surface area (Å²) in [5, 5.41) is 9.17. The van der Waals surface area contributed by atoms with Gasteiger partial charge < -0.3 is 4.42 Å². The summed E-state index contributed by atoms with van der Waals surface area (Å²) in [6, 6.07) is 11.3. The van der Waals surface area contributed by atoms with Crippen molar-refractivity contribution in [1.29, 1.82) is 0 Å². The standard InChI is InChI=1S/C14H10ClN3OS/c15-12-4-2-1-3-11(12)13-17-18-14(19-13)20-9-10-5-7-16-8-6-10/h1-8H,9H2. The van der Waals surface area contributed by atoms with Gasteiger partial charge in [-0.25, -0.2) is 0 Å². The van der Waals surface area contributed by atoms with Crippen LogP contribution in [0.15, 0.2) is 58.4 Å². The molecular formula is C14H10ClN3OS. The Morgan fingerprint density at radius 3 is 2.65 bits per heavy atom. The number of nitrogens with zero attached hydrogens (tertiary/aromatic N) is 3. The van der Waals surface area contributed by atoms with Gasteiger partial charge in [0.15, 0.2) is 0 Å². The molecule has 0 radical (unpaired) electrons. The Labute approximate surface area is 125 Å². The highest BCUT2D eigenvalue weighted by molar-refractivity contribution is 7.98. The third kappa shape index (κ3) is 3.00. The van der Waals surface area contributed by atoms with Crippen LogP contribution in [0.3, 0.4) is 0 Å². The van der Waals surface area contributed by atoms with Gasteiger partial charge in [-0.05, 0) is 29.8 Å². The maximum Gasteiger partial charge on any atom is 0.277 e. The molecule has 0 bridgehead atoms. The molecule has 0 aliphatic heterocycles. The summed E-state index contributed by atoms with van der Waals surface area (Å²) in [7, 11) is 0. The van der Waals surface area contributed by atoms with E-state index in [0.29, 0.717) is 16.1 Å². The number of thioether (sulfide) groups is 1. The fourth-order valence-electron chi connectivity index (χ4n) is 1.64. The second kappa shape index (κ2) is 6.07. The summed E-state index contributed by atoms with van der Waals surface area (Å²) in [6.07, 6.45) is 3.53. The highest BCUT2D eigenvalue weighted by Gasteiger charge is 2.11. The van der Waals surface area contributed by atoms with E-state index in [1.54, 1.807) is 18.5 Å². The predicted octanol–water partition coefficient (Wildman–Crippen LogP) is 4.08. The van der Waals surface area contributed by atoms with E-state index in [9.17, 15) is 0 Å². The topological polar surface area (TPSA) is 51.8 Å². The Kier molecular flexibility index (Phi) is 3.99. The Hall–Kier alpha value is -1.85. The number of rotatable bonds is 4. The summed E-state index contributed by atoms with van der Waals surface area (Å²) in [5.41, 5.74) is 1.90. The van der Waals surface area contributed by atoms with Crippen LogP contribution in [0.25, 0.3) is 11.5 Å². The molecule has 0 aliphatic rings. The molecule has 0 saturated heterocycles. The van der Waals surface area contributed by atoms with Crippen molar-refractivity contribution in [2.75, 3.05) is 0 Å². The van der Waals surface area contributed by atoms with E-state index in [1.807, 2.05) is 30.3 Å². The summed E-state index contributed by atoms with van der Waals surface area (Å²) in [4.78, 5) is 3.98. The molecule has 6 heteroatoms. The molecule has 1 aromatic carbocycles. The van der Waals surface area contributed by atoms with Gasteiger partial charge in [-0.3, -0.25) is 4.98 Å². The van der Waals surface area contributed by atoms with Crippen LogP contribution in [0.1, 0.15) is 5.56 Å². The molecule has 0 saturated carbocycles. The van der Waals surface area contributed by atoms with E-state index < -0.39 is 0 Å². The van der Waals surface area contributed by atoms with Crippen molar-refractivity contribution in [1.82, 2.24) is 15.2 Å². The second-order valence-corrected chi connectivity index (χ2v) is 5.33. The number of benzene rings is 1. The Balaban J connectivity index is 1.73. The van der Waals surface area contributed by atoms with Crippen LogP contribution < -0.4 is 0 Å². The molecule has 0 amide bonds. The fraction of sp³-hybridized carbons (Fsp3) is 0.0714. The van der Waals surface area contributed by atoms with Crippen molar-refractivity contribution in [3.8, 4) is 11.5 Å². The molecule has 0 unspecified atom stereocenters. The predicted molar refractivity (Wildman–Crippen MR) is 78.5 cm³/mol. The molecule has 0 spiro atoms. The first-order chi connectivity index (χ1) is 9.83. The highest BCUT2D eigenvalue weighted by atomic mass is 35.5. The van der Waals surface area contributed by atoms with Gasteiger partial charge in [0, 0.05) is 18.1 Å². The first-order valence-corrected chi connectivity index (χ1v) is 7.29. The number of pyridine rings is 1. The monoisotopic (exact) mass is 303 g/mol. The first-order valence-electron chi connectivity index (χ1n) is 5.93. The minimum Gasteiger partial charge on any atom is -0.411 e. The molecule has 2 aromatic heterocycles. The average molecular weight is 304 g/mol. The average Bonchev–Trinajstić information content (AvgIpc) is 2.95. The molecule has 4 nitrogen and oxygen atoms in total. The lowest BCUT2D eigenvalue weighted by Crippen LogP contribution is -1.80. The van der Waals surface area contributed by atoms with E-state index in [0.717, 1.165) is 16.9 Å². The largest absolute Gasteiger partial charge is 0.411 e. The van der Waals surface area contributed by atoms with Crippen molar-refractivity contribution in [2.45, 2.75) is 11.0 Å². The van der Waals surface area contributed by atoms with Crippen molar-refractivity contribution in [3.63, 3.8) is 0 Å². The zero-order valence-corrected chi connectivity index (χ0v) is 11.9. The van der Waals surface area contributed by atoms with Gasteiger partial charge in [-0.2, -0.15) is 0 Å². The SMILES string of the molecule is Clc1ccccc1-c1nnc(SCc2ccncc2)o1. The van der Waals surface area contributed by atoms with Crippen molar-refractivity contribution in [2.24, 2.45) is 0 Å². The maximum absolute atomic E-state index is 6.10. The van der Waals surface area contributed by atoms with Crippen molar-refractivity contribution >= 4 is 23.4 Å². The quantitative estimate of drug-likeness (QED) is 0.680. The van der Waals surface area contributed by atoms with E-state index in [1.165, 1.54) is 11.8 Å². The molecule has 0 fully saturated rings. The summed E-state index contributed by atoms with van der Waals surface area (Å²) in [6.45, 7) is 0. The molecule has 20 heavy (non-hydrogen) atoms. The summed E-state index contributed by atoms with van der Waals surface area (Å²) in [5.74, 6) is 1.19. The molecule has 0 N–H and O–H groups in total. The Morgan fingerprint density at radius 1 is 1.05 bits per heavy atom. The lowest BCUT2D eigenvalue weighted by atomic mass is 10.2. The van der Waals surface area contributed by atoms with Crippen LogP contribution in [-0.2, 0) is 5.75 Å². The second-order valence-electron chi connectivity index (χ2n) is 4.00.